The van der Waals surface area contributed by atoms with E-state index in [0.717, 1.165) is 10.8 Å². The molecule has 0 unspecified atom stereocenters. The van der Waals surface area contributed by atoms with Crippen molar-refractivity contribution in [2.75, 3.05) is 11.1 Å². The number of hydrogen-bond donors (Lipinski definition) is 2. The summed E-state index contributed by atoms with van der Waals surface area (Å²) in [4.78, 5) is 16.3. The minimum atomic E-state index is -0.297. The van der Waals surface area contributed by atoms with Crippen molar-refractivity contribution in [1.82, 2.24) is 15.2 Å². The highest BCUT2D eigenvalue weighted by Gasteiger charge is 2.13. The van der Waals surface area contributed by atoms with E-state index >= 15 is 0 Å². The zero-order valence-electron chi connectivity index (χ0n) is 10.4. The van der Waals surface area contributed by atoms with Crippen molar-refractivity contribution >= 4 is 28.3 Å². The van der Waals surface area contributed by atoms with Gasteiger partial charge in [-0.2, -0.15) is 5.10 Å². The van der Waals surface area contributed by atoms with Gasteiger partial charge in [-0.3, -0.25) is 4.79 Å². The summed E-state index contributed by atoms with van der Waals surface area (Å²) in [5.74, 6) is 0.490. The van der Waals surface area contributed by atoms with E-state index in [0.29, 0.717) is 17.2 Å². The summed E-state index contributed by atoms with van der Waals surface area (Å²) < 4.78 is 0. The molecule has 6 heteroatoms. The number of hydrogen-bond acceptors (Lipinski definition) is 5. The second-order valence-corrected chi connectivity index (χ2v) is 4.17. The topological polar surface area (TPSA) is 93.8 Å². The van der Waals surface area contributed by atoms with Crippen LogP contribution in [0.2, 0.25) is 0 Å². The van der Waals surface area contributed by atoms with Gasteiger partial charge < -0.3 is 11.1 Å². The Morgan fingerprint density at radius 1 is 1.10 bits per heavy atom. The number of anilines is 2. The molecule has 1 amide bonds. The lowest BCUT2D eigenvalue weighted by atomic mass is 10.1. The van der Waals surface area contributed by atoms with Gasteiger partial charge >= 0.3 is 0 Å². The highest BCUT2D eigenvalue weighted by Crippen LogP contribution is 2.22. The highest BCUT2D eigenvalue weighted by molar-refractivity contribution is 6.13. The molecule has 0 saturated carbocycles. The molecule has 3 rings (SSSR count). The number of aromatic nitrogens is 3. The predicted octanol–water partition coefficient (Wildman–Crippen LogP) is 1.86. The molecule has 0 aliphatic carbocycles. The predicted molar refractivity (Wildman–Crippen MR) is 76.1 cm³/mol. The number of nitrogens with zero attached hydrogens (tertiary/aromatic N) is 3. The Morgan fingerprint density at radius 2 is 1.90 bits per heavy atom. The van der Waals surface area contributed by atoms with Crippen molar-refractivity contribution in [3.63, 3.8) is 0 Å². The monoisotopic (exact) mass is 265 g/mol. The number of nitrogens with two attached hydrogens (primary N) is 1. The normalized spacial score (nSPS) is 10.4. The SMILES string of the molecule is Nc1ncc(C(=O)Nc2cccnn2)c2ccccc12. The number of benzene rings is 1. The lowest BCUT2D eigenvalue weighted by molar-refractivity contribution is 0.102. The molecule has 0 spiro atoms. The van der Waals surface area contributed by atoms with Gasteiger partial charge in [0.05, 0.1) is 5.56 Å². The van der Waals surface area contributed by atoms with Crippen LogP contribution >= 0.6 is 0 Å². The summed E-state index contributed by atoms with van der Waals surface area (Å²) in [5, 5.41) is 11.7. The molecule has 1 aromatic carbocycles. The molecule has 0 atom stereocenters. The van der Waals surface area contributed by atoms with E-state index in [4.69, 9.17) is 5.73 Å². The fourth-order valence-corrected chi connectivity index (χ4v) is 1.95. The largest absolute Gasteiger partial charge is 0.383 e. The van der Waals surface area contributed by atoms with E-state index in [9.17, 15) is 4.79 Å². The highest BCUT2D eigenvalue weighted by atomic mass is 16.1. The molecule has 0 radical (unpaired) electrons. The van der Waals surface area contributed by atoms with Gasteiger partial charge in [-0.15, -0.1) is 5.10 Å². The minimum absolute atomic E-state index is 0.297. The molecule has 98 valence electrons. The van der Waals surface area contributed by atoms with E-state index in [1.54, 1.807) is 12.1 Å². The van der Waals surface area contributed by atoms with Gasteiger partial charge in [-0.1, -0.05) is 24.3 Å². The molecular weight excluding hydrogens is 254 g/mol. The van der Waals surface area contributed by atoms with Crippen LogP contribution in [0.1, 0.15) is 10.4 Å². The van der Waals surface area contributed by atoms with E-state index < -0.39 is 0 Å². The minimum Gasteiger partial charge on any atom is -0.383 e. The van der Waals surface area contributed by atoms with Crippen LogP contribution < -0.4 is 11.1 Å². The average molecular weight is 265 g/mol. The zero-order valence-corrected chi connectivity index (χ0v) is 10.4. The first-order valence-electron chi connectivity index (χ1n) is 5.98. The molecular formula is C14H11N5O. The maximum absolute atomic E-state index is 12.3. The third-order valence-corrected chi connectivity index (χ3v) is 2.88. The Hall–Kier alpha value is -3.02. The van der Waals surface area contributed by atoms with Gasteiger partial charge in [0.1, 0.15) is 5.82 Å². The maximum atomic E-state index is 12.3. The van der Waals surface area contributed by atoms with Crippen LogP contribution in [0.25, 0.3) is 10.8 Å². The third kappa shape index (κ3) is 2.14. The summed E-state index contributed by atoms with van der Waals surface area (Å²) in [5.41, 5.74) is 6.26. The quantitative estimate of drug-likeness (QED) is 0.737. The molecule has 0 aliphatic heterocycles. The van der Waals surface area contributed by atoms with Crippen molar-refractivity contribution < 1.29 is 4.79 Å². The van der Waals surface area contributed by atoms with Crippen LogP contribution in [0.3, 0.4) is 0 Å². The van der Waals surface area contributed by atoms with E-state index in [1.165, 1.54) is 12.4 Å². The summed E-state index contributed by atoms with van der Waals surface area (Å²) in [6.45, 7) is 0. The average Bonchev–Trinajstić information content (AvgIpc) is 2.49. The second kappa shape index (κ2) is 4.93. The smallest absolute Gasteiger partial charge is 0.259 e. The number of nitrogen functional groups attached to an aromatic ring is 1. The Kier molecular flexibility index (Phi) is 2.96. The Labute approximate surface area is 114 Å². The number of carbonyl (C=O) groups excluding carboxylic acids is 1. The van der Waals surface area contributed by atoms with E-state index in [2.05, 4.69) is 20.5 Å². The van der Waals surface area contributed by atoms with Crippen molar-refractivity contribution in [1.29, 1.82) is 0 Å². The molecule has 20 heavy (non-hydrogen) atoms. The van der Waals surface area contributed by atoms with Crippen LogP contribution in [0, 0.1) is 0 Å². The van der Waals surface area contributed by atoms with Crippen molar-refractivity contribution in [3.8, 4) is 0 Å². The Balaban J connectivity index is 2.02. The first-order valence-corrected chi connectivity index (χ1v) is 5.98. The van der Waals surface area contributed by atoms with Crippen molar-refractivity contribution in [3.05, 3.63) is 54.4 Å². The zero-order chi connectivity index (χ0) is 13.9. The van der Waals surface area contributed by atoms with Crippen molar-refractivity contribution in [2.45, 2.75) is 0 Å². The molecule has 0 fully saturated rings. The molecule has 3 aromatic rings. The number of pyridine rings is 1. The summed E-state index contributed by atoms with van der Waals surface area (Å²) in [6.07, 6.45) is 3.00. The summed E-state index contributed by atoms with van der Waals surface area (Å²) >= 11 is 0. The van der Waals surface area contributed by atoms with Crippen molar-refractivity contribution in [2.24, 2.45) is 0 Å². The number of rotatable bonds is 2. The fourth-order valence-electron chi connectivity index (χ4n) is 1.95. The Morgan fingerprint density at radius 3 is 2.65 bits per heavy atom. The van der Waals surface area contributed by atoms with Crippen LogP contribution in [-0.4, -0.2) is 21.1 Å². The molecule has 0 aliphatic rings. The number of amides is 1. The molecule has 2 heterocycles. The molecule has 0 bridgehead atoms. The maximum Gasteiger partial charge on any atom is 0.259 e. The molecule has 6 nitrogen and oxygen atoms in total. The van der Waals surface area contributed by atoms with E-state index in [-0.39, 0.29) is 5.91 Å². The first-order chi connectivity index (χ1) is 9.75. The Bertz CT molecular complexity index is 773. The lowest BCUT2D eigenvalue weighted by Crippen LogP contribution is -2.14. The van der Waals surface area contributed by atoms with E-state index in [1.807, 2.05) is 24.3 Å². The first kappa shape index (κ1) is 12.0. The van der Waals surface area contributed by atoms with Crippen LogP contribution in [-0.2, 0) is 0 Å². The van der Waals surface area contributed by atoms with Crippen LogP contribution in [0.5, 0.6) is 0 Å². The van der Waals surface area contributed by atoms with Gasteiger partial charge in [0, 0.05) is 17.8 Å². The number of fused-ring (bicyclic) bond motifs is 1. The number of nitrogens with one attached hydrogen (secondary N) is 1. The number of carbonyl (C=O) groups is 1. The lowest BCUT2D eigenvalue weighted by Gasteiger charge is -2.08. The fraction of sp³-hybridized carbons (Fsp3) is 0. The molecule has 3 N–H and O–H groups in total. The molecule has 0 saturated heterocycles. The summed E-state index contributed by atoms with van der Waals surface area (Å²) in [7, 11) is 0. The van der Waals surface area contributed by atoms with Gasteiger partial charge in [0.15, 0.2) is 5.82 Å². The van der Waals surface area contributed by atoms with Crippen LogP contribution in [0.4, 0.5) is 11.6 Å². The molecule has 2 aromatic heterocycles. The summed E-state index contributed by atoms with van der Waals surface area (Å²) in [6, 6.07) is 10.7. The van der Waals surface area contributed by atoms with Gasteiger partial charge in [-0.25, -0.2) is 4.98 Å². The van der Waals surface area contributed by atoms with Crippen LogP contribution in [0.15, 0.2) is 48.8 Å². The van der Waals surface area contributed by atoms with Gasteiger partial charge in [0.25, 0.3) is 5.91 Å². The standard InChI is InChI=1S/C14H11N5O/c15-13-10-5-2-1-4-9(10)11(8-16-13)14(20)18-12-6-3-7-17-19-12/h1-8H,(H2,15,16)(H,18,19,20). The van der Waals surface area contributed by atoms with Gasteiger partial charge in [0.2, 0.25) is 0 Å². The van der Waals surface area contributed by atoms with Gasteiger partial charge in [-0.05, 0) is 17.5 Å². The second-order valence-electron chi connectivity index (χ2n) is 4.17. The third-order valence-electron chi connectivity index (χ3n) is 2.88.